The van der Waals surface area contributed by atoms with Crippen molar-refractivity contribution in [3.63, 3.8) is 0 Å². The van der Waals surface area contributed by atoms with E-state index in [1.807, 2.05) is 0 Å². The number of rotatable bonds is 5. The first kappa shape index (κ1) is 16.0. The molecule has 2 unspecified atom stereocenters. The van der Waals surface area contributed by atoms with Gasteiger partial charge in [0.25, 0.3) is 0 Å². The number of nitrogens with zero attached hydrogens (tertiary/aromatic N) is 2. The van der Waals surface area contributed by atoms with E-state index in [2.05, 4.69) is 10.4 Å². The zero-order chi connectivity index (χ0) is 16.2. The summed E-state index contributed by atoms with van der Waals surface area (Å²) >= 11 is 6.26. The first-order chi connectivity index (χ1) is 11.1. The molecular formula is C16H19ClN4O2. The molecule has 1 aromatic heterocycles. The Labute approximate surface area is 139 Å². The van der Waals surface area contributed by atoms with Gasteiger partial charge in [0.2, 0.25) is 5.91 Å². The molecule has 1 saturated heterocycles. The third-order valence-electron chi connectivity index (χ3n) is 3.86. The first-order valence-corrected chi connectivity index (χ1v) is 7.99. The van der Waals surface area contributed by atoms with Crippen LogP contribution in [-0.2, 0) is 9.53 Å². The van der Waals surface area contributed by atoms with Gasteiger partial charge in [0.05, 0.1) is 22.9 Å². The van der Waals surface area contributed by atoms with Gasteiger partial charge in [-0.2, -0.15) is 5.10 Å². The lowest BCUT2D eigenvalue weighted by molar-refractivity contribution is -0.118. The van der Waals surface area contributed by atoms with E-state index in [-0.39, 0.29) is 12.0 Å². The van der Waals surface area contributed by atoms with Crippen molar-refractivity contribution in [2.75, 3.05) is 11.9 Å². The zero-order valence-corrected chi connectivity index (χ0v) is 13.4. The second-order valence-electron chi connectivity index (χ2n) is 5.55. The van der Waals surface area contributed by atoms with Gasteiger partial charge in [0, 0.05) is 19.0 Å². The van der Waals surface area contributed by atoms with Gasteiger partial charge < -0.3 is 15.8 Å². The van der Waals surface area contributed by atoms with Gasteiger partial charge in [0.1, 0.15) is 5.69 Å². The molecular weight excluding hydrogens is 316 g/mol. The molecule has 0 aliphatic carbocycles. The third-order valence-corrected chi connectivity index (χ3v) is 4.16. The standard InChI is InChI=1S/C16H19ClN4O2/c17-12-5-1-6-14(15(12)21-8-3-7-19-21)20-16(22)13(18)10-11-4-2-9-23-11/h1,3,5-8,11,13H,2,4,9-10,18H2,(H,20,22). The van der Waals surface area contributed by atoms with E-state index in [1.54, 1.807) is 41.3 Å². The van der Waals surface area contributed by atoms with Crippen LogP contribution >= 0.6 is 11.6 Å². The van der Waals surface area contributed by atoms with Crippen LogP contribution in [0.4, 0.5) is 5.69 Å². The van der Waals surface area contributed by atoms with E-state index in [4.69, 9.17) is 22.1 Å². The second kappa shape index (κ2) is 7.12. The van der Waals surface area contributed by atoms with Gasteiger partial charge in [-0.15, -0.1) is 0 Å². The number of hydrogen-bond acceptors (Lipinski definition) is 4. The third kappa shape index (κ3) is 3.72. The highest BCUT2D eigenvalue weighted by molar-refractivity contribution is 6.33. The molecule has 2 aromatic rings. The van der Waals surface area contributed by atoms with Crippen molar-refractivity contribution in [2.45, 2.75) is 31.4 Å². The largest absolute Gasteiger partial charge is 0.378 e. The maximum absolute atomic E-state index is 12.4. The number of ether oxygens (including phenoxy) is 1. The molecule has 1 aliphatic heterocycles. The van der Waals surface area contributed by atoms with Crippen LogP contribution in [0, 0.1) is 0 Å². The summed E-state index contributed by atoms with van der Waals surface area (Å²) in [6.07, 6.45) is 5.98. The Balaban J connectivity index is 1.74. The summed E-state index contributed by atoms with van der Waals surface area (Å²) in [5.41, 5.74) is 7.20. The van der Waals surface area contributed by atoms with Crippen molar-refractivity contribution < 1.29 is 9.53 Å². The van der Waals surface area contributed by atoms with E-state index in [0.29, 0.717) is 22.8 Å². The van der Waals surface area contributed by atoms with Crippen LogP contribution < -0.4 is 11.1 Å². The van der Waals surface area contributed by atoms with Crippen molar-refractivity contribution in [1.82, 2.24) is 9.78 Å². The molecule has 1 aromatic carbocycles. The summed E-state index contributed by atoms with van der Waals surface area (Å²) in [7, 11) is 0. The van der Waals surface area contributed by atoms with Crippen molar-refractivity contribution in [1.29, 1.82) is 0 Å². The second-order valence-corrected chi connectivity index (χ2v) is 5.96. The molecule has 0 radical (unpaired) electrons. The molecule has 0 bridgehead atoms. The van der Waals surface area contributed by atoms with Gasteiger partial charge in [-0.05, 0) is 37.5 Å². The van der Waals surface area contributed by atoms with Crippen LogP contribution in [0.2, 0.25) is 5.02 Å². The Morgan fingerprint density at radius 2 is 2.39 bits per heavy atom. The van der Waals surface area contributed by atoms with E-state index in [1.165, 1.54) is 0 Å². The molecule has 0 saturated carbocycles. The molecule has 122 valence electrons. The lowest BCUT2D eigenvalue weighted by atomic mass is 10.1. The first-order valence-electron chi connectivity index (χ1n) is 7.61. The van der Waals surface area contributed by atoms with Crippen molar-refractivity contribution in [3.05, 3.63) is 41.7 Å². The van der Waals surface area contributed by atoms with Gasteiger partial charge in [0.15, 0.2) is 0 Å². The van der Waals surface area contributed by atoms with E-state index in [9.17, 15) is 4.79 Å². The number of halogens is 1. The summed E-state index contributed by atoms with van der Waals surface area (Å²) in [6, 6.07) is 6.47. The summed E-state index contributed by atoms with van der Waals surface area (Å²) < 4.78 is 7.15. The minimum absolute atomic E-state index is 0.0701. The van der Waals surface area contributed by atoms with E-state index in [0.717, 1.165) is 19.4 Å². The van der Waals surface area contributed by atoms with Crippen LogP contribution in [0.1, 0.15) is 19.3 Å². The molecule has 3 N–H and O–H groups in total. The van der Waals surface area contributed by atoms with Crippen LogP contribution in [-0.4, -0.2) is 34.4 Å². The summed E-state index contributed by atoms with van der Waals surface area (Å²) in [4.78, 5) is 12.4. The Kier molecular flexibility index (Phi) is 4.95. The van der Waals surface area contributed by atoms with Gasteiger partial charge in [-0.25, -0.2) is 4.68 Å². The monoisotopic (exact) mass is 334 g/mol. The van der Waals surface area contributed by atoms with E-state index >= 15 is 0 Å². The average molecular weight is 335 g/mol. The molecule has 2 heterocycles. The minimum atomic E-state index is -0.623. The molecule has 1 amide bonds. The topological polar surface area (TPSA) is 82.2 Å². The molecule has 1 aliphatic rings. The normalized spacial score (nSPS) is 18.8. The van der Waals surface area contributed by atoms with E-state index < -0.39 is 6.04 Å². The highest BCUT2D eigenvalue weighted by Crippen LogP contribution is 2.28. The van der Waals surface area contributed by atoms with Crippen molar-refractivity contribution in [2.24, 2.45) is 5.73 Å². The maximum atomic E-state index is 12.4. The number of hydrogen-bond donors (Lipinski definition) is 2. The summed E-state index contributed by atoms with van der Waals surface area (Å²) in [5, 5.41) is 7.52. The molecule has 3 rings (SSSR count). The Morgan fingerprint density at radius 1 is 1.52 bits per heavy atom. The fourth-order valence-electron chi connectivity index (χ4n) is 2.70. The number of aromatic nitrogens is 2. The maximum Gasteiger partial charge on any atom is 0.241 e. The smallest absolute Gasteiger partial charge is 0.241 e. The van der Waals surface area contributed by atoms with Gasteiger partial charge >= 0.3 is 0 Å². The number of nitrogens with two attached hydrogens (primary N) is 1. The molecule has 6 nitrogen and oxygen atoms in total. The molecule has 2 atom stereocenters. The summed E-state index contributed by atoms with van der Waals surface area (Å²) in [5.74, 6) is -0.254. The Morgan fingerprint density at radius 3 is 3.09 bits per heavy atom. The number of amides is 1. The lowest BCUT2D eigenvalue weighted by Crippen LogP contribution is -2.38. The molecule has 7 heteroatoms. The fourth-order valence-corrected chi connectivity index (χ4v) is 2.96. The van der Waals surface area contributed by atoms with Crippen molar-refractivity contribution in [3.8, 4) is 5.69 Å². The SMILES string of the molecule is NC(CC1CCCO1)C(=O)Nc1cccc(Cl)c1-n1cccn1. The number of carbonyl (C=O) groups is 1. The number of para-hydroxylation sites is 1. The number of anilines is 1. The molecule has 23 heavy (non-hydrogen) atoms. The lowest BCUT2D eigenvalue weighted by Gasteiger charge is -2.18. The summed E-state index contributed by atoms with van der Waals surface area (Å²) in [6.45, 7) is 0.747. The van der Waals surface area contributed by atoms with Crippen LogP contribution in [0.25, 0.3) is 5.69 Å². The average Bonchev–Trinajstić information content (AvgIpc) is 3.20. The van der Waals surface area contributed by atoms with Crippen molar-refractivity contribution >= 4 is 23.2 Å². The van der Waals surface area contributed by atoms with Gasteiger partial charge in [-0.3, -0.25) is 4.79 Å². The predicted octanol–water partition coefficient (Wildman–Crippen LogP) is 2.36. The molecule has 0 spiro atoms. The fraction of sp³-hybridized carbons (Fsp3) is 0.375. The van der Waals surface area contributed by atoms with Crippen LogP contribution in [0.15, 0.2) is 36.7 Å². The predicted molar refractivity (Wildman–Crippen MR) is 88.8 cm³/mol. The number of benzene rings is 1. The van der Waals surface area contributed by atoms with Crippen LogP contribution in [0.3, 0.4) is 0 Å². The van der Waals surface area contributed by atoms with Gasteiger partial charge in [-0.1, -0.05) is 17.7 Å². The Hall–Kier alpha value is -1.89. The van der Waals surface area contributed by atoms with Crippen LogP contribution in [0.5, 0.6) is 0 Å². The highest BCUT2D eigenvalue weighted by atomic mass is 35.5. The highest BCUT2D eigenvalue weighted by Gasteiger charge is 2.24. The minimum Gasteiger partial charge on any atom is -0.378 e. The Bertz CT molecular complexity index is 669. The number of nitrogens with one attached hydrogen (secondary N) is 1. The zero-order valence-electron chi connectivity index (χ0n) is 12.6. The molecule has 1 fully saturated rings. The quantitative estimate of drug-likeness (QED) is 0.879. The number of carbonyl (C=O) groups excluding carboxylic acids is 1.